The summed E-state index contributed by atoms with van der Waals surface area (Å²) in [7, 11) is -2.04. The molecule has 1 heterocycles. The Morgan fingerprint density at radius 1 is 1.08 bits per heavy atom. The van der Waals surface area contributed by atoms with Crippen molar-refractivity contribution in [2.75, 3.05) is 7.11 Å². The Labute approximate surface area is 146 Å². The van der Waals surface area contributed by atoms with Gasteiger partial charge in [0, 0.05) is 23.2 Å². The van der Waals surface area contributed by atoms with E-state index in [9.17, 15) is 8.42 Å². The smallest absolute Gasteiger partial charge is 0.241 e. The molecule has 1 aromatic carbocycles. The first kappa shape index (κ1) is 19.2. The highest BCUT2D eigenvalue weighted by atomic mass is 32.2. The molecule has 6 heteroatoms. The van der Waals surface area contributed by atoms with Crippen molar-refractivity contribution in [3.8, 4) is 5.75 Å². The summed E-state index contributed by atoms with van der Waals surface area (Å²) in [6.45, 7) is 12.2. The summed E-state index contributed by atoms with van der Waals surface area (Å²) in [6, 6.07) is 3.36. The quantitative estimate of drug-likeness (QED) is 0.872. The van der Waals surface area contributed by atoms with E-state index in [2.05, 4.69) is 37.7 Å². The number of ether oxygens (including phenoxy) is 1. The monoisotopic (exact) mass is 354 g/mol. The van der Waals surface area contributed by atoms with Crippen LogP contribution >= 0.6 is 0 Å². The van der Waals surface area contributed by atoms with Gasteiger partial charge in [0.25, 0.3) is 0 Å². The number of piperidine rings is 1. The van der Waals surface area contributed by atoms with Crippen LogP contribution in [0.3, 0.4) is 0 Å². The van der Waals surface area contributed by atoms with E-state index < -0.39 is 10.0 Å². The van der Waals surface area contributed by atoms with Crippen molar-refractivity contribution in [2.24, 2.45) is 0 Å². The molecule has 1 aliphatic heterocycles. The second-order valence-corrected chi connectivity index (χ2v) is 9.89. The average Bonchev–Trinajstić information content (AvgIpc) is 2.33. The number of sulfonamides is 1. The summed E-state index contributed by atoms with van der Waals surface area (Å²) in [6.07, 6.45) is 1.50. The van der Waals surface area contributed by atoms with Gasteiger partial charge in [0.05, 0.1) is 12.0 Å². The predicted octanol–water partition coefficient (Wildman–Crippen LogP) is 2.90. The number of methoxy groups -OCH3 is 1. The zero-order valence-corrected chi connectivity index (χ0v) is 16.6. The molecule has 0 unspecified atom stereocenters. The fourth-order valence-electron chi connectivity index (χ4n) is 4.01. The highest BCUT2D eigenvalue weighted by Gasteiger charge is 2.39. The van der Waals surface area contributed by atoms with Crippen LogP contribution in [0.15, 0.2) is 17.0 Å². The zero-order chi connectivity index (χ0) is 18.3. The number of benzene rings is 1. The molecule has 0 aliphatic carbocycles. The van der Waals surface area contributed by atoms with Crippen LogP contribution in [0, 0.1) is 13.8 Å². The van der Waals surface area contributed by atoms with Crippen LogP contribution in [-0.2, 0) is 10.0 Å². The topological polar surface area (TPSA) is 67.4 Å². The van der Waals surface area contributed by atoms with Gasteiger partial charge in [0.1, 0.15) is 5.75 Å². The third-order valence-corrected chi connectivity index (χ3v) is 6.16. The van der Waals surface area contributed by atoms with Gasteiger partial charge in [-0.25, -0.2) is 13.1 Å². The van der Waals surface area contributed by atoms with Crippen LogP contribution in [0.25, 0.3) is 0 Å². The predicted molar refractivity (Wildman–Crippen MR) is 97.1 cm³/mol. The molecule has 0 bridgehead atoms. The number of hydrogen-bond donors (Lipinski definition) is 2. The summed E-state index contributed by atoms with van der Waals surface area (Å²) in [4.78, 5) is 0.291. The zero-order valence-electron chi connectivity index (χ0n) is 15.8. The summed E-state index contributed by atoms with van der Waals surface area (Å²) in [5, 5.41) is 3.57. The van der Waals surface area contributed by atoms with E-state index in [0.29, 0.717) is 10.6 Å². The van der Waals surface area contributed by atoms with Crippen LogP contribution in [-0.4, -0.2) is 32.6 Å². The minimum absolute atomic E-state index is 0.104. The van der Waals surface area contributed by atoms with E-state index in [1.54, 1.807) is 13.2 Å². The normalized spacial score (nSPS) is 20.8. The first-order valence-corrected chi connectivity index (χ1v) is 9.80. The maximum atomic E-state index is 12.9. The van der Waals surface area contributed by atoms with E-state index in [-0.39, 0.29) is 17.1 Å². The van der Waals surface area contributed by atoms with Crippen molar-refractivity contribution in [2.45, 2.75) is 76.4 Å². The molecule has 136 valence electrons. The minimum atomic E-state index is -3.60. The minimum Gasteiger partial charge on any atom is -0.496 e. The van der Waals surface area contributed by atoms with Gasteiger partial charge in [-0.05, 0) is 65.5 Å². The molecule has 0 aromatic heterocycles. The lowest BCUT2D eigenvalue weighted by Crippen LogP contribution is -2.62. The fourth-order valence-corrected chi connectivity index (χ4v) is 5.49. The van der Waals surface area contributed by atoms with Crippen molar-refractivity contribution in [1.82, 2.24) is 10.0 Å². The summed E-state index contributed by atoms with van der Waals surface area (Å²) in [5.41, 5.74) is 1.43. The number of aryl methyl sites for hydroxylation is 2. The average molecular weight is 355 g/mol. The lowest BCUT2D eigenvalue weighted by Gasteiger charge is -2.46. The molecule has 5 nitrogen and oxygen atoms in total. The van der Waals surface area contributed by atoms with E-state index >= 15 is 0 Å². The van der Waals surface area contributed by atoms with Crippen molar-refractivity contribution < 1.29 is 13.2 Å². The summed E-state index contributed by atoms with van der Waals surface area (Å²) < 4.78 is 34.1. The second kappa shape index (κ2) is 6.32. The molecule has 1 fully saturated rings. The molecular weight excluding hydrogens is 324 g/mol. The molecule has 2 rings (SSSR count). The van der Waals surface area contributed by atoms with Gasteiger partial charge in [0.2, 0.25) is 10.0 Å². The van der Waals surface area contributed by atoms with Gasteiger partial charge in [-0.3, -0.25) is 0 Å². The SMILES string of the molecule is COc1cc(S(=O)(=O)NC2CC(C)(C)NC(C)(C)C2)c(C)cc1C. The number of rotatable bonds is 4. The largest absolute Gasteiger partial charge is 0.496 e. The third kappa shape index (κ3) is 4.29. The van der Waals surface area contributed by atoms with Gasteiger partial charge in [-0.15, -0.1) is 0 Å². The molecule has 1 saturated heterocycles. The molecular formula is C18H30N2O3S. The second-order valence-electron chi connectivity index (χ2n) is 8.21. The molecule has 1 aromatic rings. The molecule has 1 aliphatic rings. The standard InChI is InChI=1S/C18H30N2O3S/c1-12-8-13(2)16(9-15(12)23-7)24(21,22)19-14-10-17(3,4)20-18(5,6)11-14/h8-9,14,19-20H,10-11H2,1-7H3. The van der Waals surface area contributed by atoms with Crippen LogP contribution in [0.1, 0.15) is 51.7 Å². The van der Waals surface area contributed by atoms with Crippen molar-refractivity contribution in [3.63, 3.8) is 0 Å². The summed E-state index contributed by atoms with van der Waals surface area (Å²) >= 11 is 0. The Bertz CT molecular complexity index is 708. The molecule has 24 heavy (non-hydrogen) atoms. The third-order valence-electron chi connectivity index (χ3n) is 4.49. The lowest BCUT2D eigenvalue weighted by atomic mass is 9.80. The van der Waals surface area contributed by atoms with Crippen LogP contribution in [0.5, 0.6) is 5.75 Å². The van der Waals surface area contributed by atoms with Gasteiger partial charge < -0.3 is 10.1 Å². The van der Waals surface area contributed by atoms with Gasteiger partial charge >= 0.3 is 0 Å². The highest BCUT2D eigenvalue weighted by Crippen LogP contribution is 2.31. The molecule has 0 saturated carbocycles. The van der Waals surface area contributed by atoms with E-state index in [1.807, 2.05) is 19.9 Å². The molecule has 0 radical (unpaired) electrons. The Hall–Kier alpha value is -1.11. The Balaban J connectivity index is 2.32. The van der Waals surface area contributed by atoms with E-state index in [1.165, 1.54) is 0 Å². The van der Waals surface area contributed by atoms with Gasteiger partial charge in [0.15, 0.2) is 0 Å². The first-order chi connectivity index (χ1) is 10.9. The van der Waals surface area contributed by atoms with Crippen molar-refractivity contribution in [3.05, 3.63) is 23.3 Å². The highest BCUT2D eigenvalue weighted by molar-refractivity contribution is 7.89. The number of hydrogen-bond acceptors (Lipinski definition) is 4. The van der Waals surface area contributed by atoms with Crippen molar-refractivity contribution >= 4 is 10.0 Å². The van der Waals surface area contributed by atoms with E-state index in [4.69, 9.17) is 4.74 Å². The number of nitrogens with one attached hydrogen (secondary N) is 2. The molecule has 2 N–H and O–H groups in total. The maximum absolute atomic E-state index is 12.9. The maximum Gasteiger partial charge on any atom is 0.241 e. The van der Waals surface area contributed by atoms with Crippen LogP contribution in [0.4, 0.5) is 0 Å². The Kier molecular flexibility index (Phi) is 5.06. The summed E-state index contributed by atoms with van der Waals surface area (Å²) in [5.74, 6) is 0.590. The van der Waals surface area contributed by atoms with E-state index in [0.717, 1.165) is 24.0 Å². The lowest BCUT2D eigenvalue weighted by molar-refractivity contribution is 0.157. The van der Waals surface area contributed by atoms with Gasteiger partial charge in [-0.2, -0.15) is 0 Å². The molecule has 0 amide bonds. The molecule has 0 spiro atoms. The Morgan fingerprint density at radius 3 is 2.12 bits per heavy atom. The van der Waals surface area contributed by atoms with Crippen molar-refractivity contribution in [1.29, 1.82) is 0 Å². The van der Waals surface area contributed by atoms with Gasteiger partial charge in [-0.1, -0.05) is 6.07 Å². The first-order valence-electron chi connectivity index (χ1n) is 8.32. The Morgan fingerprint density at radius 2 is 1.62 bits per heavy atom. The van der Waals surface area contributed by atoms with Crippen LogP contribution in [0.2, 0.25) is 0 Å². The fraction of sp³-hybridized carbons (Fsp3) is 0.667. The molecule has 0 atom stereocenters. The van der Waals surface area contributed by atoms with Crippen LogP contribution < -0.4 is 14.8 Å².